The summed E-state index contributed by atoms with van der Waals surface area (Å²) in [6, 6.07) is 2.21. The molecule has 0 radical (unpaired) electrons. The second-order valence-corrected chi connectivity index (χ2v) is 4.81. The van der Waals surface area contributed by atoms with Gasteiger partial charge >= 0.3 is 0 Å². The molecule has 17 heavy (non-hydrogen) atoms. The summed E-state index contributed by atoms with van der Waals surface area (Å²) < 4.78 is 5.55. The summed E-state index contributed by atoms with van der Waals surface area (Å²) >= 11 is 0. The molecule has 1 unspecified atom stereocenters. The van der Waals surface area contributed by atoms with E-state index < -0.39 is 0 Å². The first-order valence-electron chi connectivity index (χ1n) is 6.29. The molecule has 0 aliphatic rings. The van der Waals surface area contributed by atoms with Crippen molar-refractivity contribution in [3.63, 3.8) is 0 Å². The van der Waals surface area contributed by atoms with Gasteiger partial charge in [-0.05, 0) is 55.4 Å². The predicted molar refractivity (Wildman–Crippen MR) is 71.8 cm³/mol. The van der Waals surface area contributed by atoms with Gasteiger partial charge < -0.3 is 9.84 Å². The van der Waals surface area contributed by atoms with Gasteiger partial charge in [0.05, 0.1) is 7.11 Å². The lowest BCUT2D eigenvalue weighted by molar-refractivity contribution is 0.221. The Balaban J connectivity index is 3.17. The lowest BCUT2D eigenvalue weighted by Crippen LogP contribution is -2.11. The summed E-state index contributed by atoms with van der Waals surface area (Å²) in [4.78, 5) is 0. The quantitative estimate of drug-likeness (QED) is 0.851. The fourth-order valence-corrected chi connectivity index (χ4v) is 2.26. The standard InChI is InChI=1S/C15H24O2/c1-6-13(9-16)8-14-11(3)7-10(2)12(4)15(14)17-5/h7,13,16H,6,8-9H2,1-5H3. The van der Waals surface area contributed by atoms with E-state index in [0.29, 0.717) is 5.92 Å². The van der Waals surface area contributed by atoms with E-state index in [-0.39, 0.29) is 6.61 Å². The first-order chi connectivity index (χ1) is 8.04. The summed E-state index contributed by atoms with van der Waals surface area (Å²) in [5.74, 6) is 1.32. The number of benzene rings is 1. The van der Waals surface area contributed by atoms with Gasteiger partial charge in [-0.3, -0.25) is 0 Å². The highest BCUT2D eigenvalue weighted by Crippen LogP contribution is 2.31. The van der Waals surface area contributed by atoms with Gasteiger partial charge in [0.15, 0.2) is 0 Å². The van der Waals surface area contributed by atoms with E-state index in [9.17, 15) is 5.11 Å². The summed E-state index contributed by atoms with van der Waals surface area (Å²) in [6.45, 7) is 8.68. The second kappa shape index (κ2) is 6.06. The predicted octanol–water partition coefficient (Wildman–Crippen LogP) is 3.18. The molecule has 0 spiro atoms. The molecule has 0 aliphatic heterocycles. The van der Waals surface area contributed by atoms with Crippen molar-refractivity contribution in [1.82, 2.24) is 0 Å². The van der Waals surface area contributed by atoms with Crippen LogP contribution in [-0.4, -0.2) is 18.8 Å². The molecule has 0 bridgehead atoms. The zero-order chi connectivity index (χ0) is 13.0. The molecule has 0 fully saturated rings. The van der Waals surface area contributed by atoms with Crippen molar-refractivity contribution in [2.45, 2.75) is 40.5 Å². The molecule has 1 rings (SSSR count). The Morgan fingerprint density at radius 2 is 1.88 bits per heavy atom. The molecule has 2 nitrogen and oxygen atoms in total. The van der Waals surface area contributed by atoms with Crippen LogP contribution in [0.4, 0.5) is 0 Å². The fourth-order valence-electron chi connectivity index (χ4n) is 2.26. The monoisotopic (exact) mass is 236 g/mol. The van der Waals surface area contributed by atoms with E-state index in [0.717, 1.165) is 18.6 Å². The van der Waals surface area contributed by atoms with Gasteiger partial charge in [0.1, 0.15) is 5.75 Å². The number of aliphatic hydroxyl groups excluding tert-OH is 1. The Morgan fingerprint density at radius 1 is 1.24 bits per heavy atom. The van der Waals surface area contributed by atoms with Crippen LogP contribution >= 0.6 is 0 Å². The van der Waals surface area contributed by atoms with Gasteiger partial charge in [-0.15, -0.1) is 0 Å². The normalized spacial score (nSPS) is 12.6. The van der Waals surface area contributed by atoms with Crippen LogP contribution in [0.25, 0.3) is 0 Å². The van der Waals surface area contributed by atoms with Crippen molar-refractivity contribution >= 4 is 0 Å². The third-order valence-electron chi connectivity index (χ3n) is 3.65. The molecule has 1 N–H and O–H groups in total. The third-order valence-corrected chi connectivity index (χ3v) is 3.65. The first-order valence-corrected chi connectivity index (χ1v) is 6.29. The Bertz CT molecular complexity index is 379. The number of ether oxygens (including phenoxy) is 1. The van der Waals surface area contributed by atoms with Crippen LogP contribution in [0.3, 0.4) is 0 Å². The Labute approximate surface area is 105 Å². The number of hydrogen-bond donors (Lipinski definition) is 1. The zero-order valence-corrected chi connectivity index (χ0v) is 11.6. The average molecular weight is 236 g/mol. The maximum Gasteiger partial charge on any atom is 0.125 e. The lowest BCUT2D eigenvalue weighted by Gasteiger charge is -2.19. The Hall–Kier alpha value is -1.02. The van der Waals surface area contributed by atoms with Crippen LogP contribution in [0.1, 0.15) is 35.6 Å². The highest BCUT2D eigenvalue weighted by Gasteiger charge is 2.15. The minimum atomic E-state index is 0.242. The minimum Gasteiger partial charge on any atom is -0.496 e. The molecule has 2 heteroatoms. The van der Waals surface area contributed by atoms with E-state index in [1.54, 1.807) is 7.11 Å². The van der Waals surface area contributed by atoms with Gasteiger partial charge in [0.25, 0.3) is 0 Å². The highest BCUT2D eigenvalue weighted by atomic mass is 16.5. The Kier molecular flexibility index (Phi) is 5.01. The third kappa shape index (κ3) is 3.01. The number of methoxy groups -OCH3 is 1. The van der Waals surface area contributed by atoms with Gasteiger partial charge in [-0.2, -0.15) is 0 Å². The van der Waals surface area contributed by atoms with E-state index in [1.807, 2.05) is 0 Å². The summed E-state index contributed by atoms with van der Waals surface area (Å²) in [7, 11) is 1.73. The van der Waals surface area contributed by atoms with Crippen LogP contribution in [0.15, 0.2) is 6.07 Å². The van der Waals surface area contributed by atoms with Crippen molar-refractivity contribution < 1.29 is 9.84 Å². The molecule has 0 saturated heterocycles. The van der Waals surface area contributed by atoms with Crippen LogP contribution in [0.5, 0.6) is 5.75 Å². The maximum absolute atomic E-state index is 9.32. The largest absolute Gasteiger partial charge is 0.496 e. The van der Waals surface area contributed by atoms with E-state index in [2.05, 4.69) is 33.8 Å². The number of aryl methyl sites for hydroxylation is 2. The molecule has 96 valence electrons. The first kappa shape index (κ1) is 14.0. The molecular weight excluding hydrogens is 212 g/mol. The van der Waals surface area contributed by atoms with Crippen molar-refractivity contribution in [1.29, 1.82) is 0 Å². The Morgan fingerprint density at radius 3 is 2.35 bits per heavy atom. The average Bonchev–Trinajstić information content (AvgIpc) is 2.32. The van der Waals surface area contributed by atoms with Crippen molar-refractivity contribution in [2.75, 3.05) is 13.7 Å². The highest BCUT2D eigenvalue weighted by molar-refractivity contribution is 5.49. The molecule has 0 aliphatic carbocycles. The molecule has 1 aromatic carbocycles. The maximum atomic E-state index is 9.32. The lowest BCUT2D eigenvalue weighted by atomic mass is 9.91. The molecule has 0 amide bonds. The topological polar surface area (TPSA) is 29.5 Å². The molecule has 1 aromatic rings. The molecular formula is C15H24O2. The van der Waals surface area contributed by atoms with Gasteiger partial charge in [0.2, 0.25) is 0 Å². The van der Waals surface area contributed by atoms with Crippen molar-refractivity contribution in [3.05, 3.63) is 28.3 Å². The van der Waals surface area contributed by atoms with Crippen LogP contribution in [-0.2, 0) is 6.42 Å². The summed E-state index contributed by atoms with van der Waals surface area (Å²) in [5, 5.41) is 9.32. The number of aliphatic hydroxyl groups is 1. The molecule has 0 saturated carbocycles. The SMILES string of the molecule is CCC(CO)Cc1c(C)cc(C)c(C)c1OC. The smallest absolute Gasteiger partial charge is 0.125 e. The fraction of sp³-hybridized carbons (Fsp3) is 0.600. The summed E-state index contributed by atoms with van der Waals surface area (Å²) in [6.07, 6.45) is 1.88. The molecule has 0 aromatic heterocycles. The molecule has 0 heterocycles. The van der Waals surface area contributed by atoms with Crippen molar-refractivity contribution in [3.8, 4) is 5.75 Å². The number of hydrogen-bond acceptors (Lipinski definition) is 2. The zero-order valence-electron chi connectivity index (χ0n) is 11.6. The van der Waals surface area contributed by atoms with E-state index in [4.69, 9.17) is 4.74 Å². The van der Waals surface area contributed by atoms with Crippen molar-refractivity contribution in [2.24, 2.45) is 5.92 Å². The van der Waals surface area contributed by atoms with Crippen LogP contribution in [0.2, 0.25) is 0 Å². The number of rotatable bonds is 5. The summed E-state index contributed by atoms with van der Waals surface area (Å²) in [5.41, 5.74) is 4.98. The second-order valence-electron chi connectivity index (χ2n) is 4.81. The van der Waals surface area contributed by atoms with E-state index in [1.165, 1.54) is 22.3 Å². The van der Waals surface area contributed by atoms with Gasteiger partial charge in [-0.1, -0.05) is 19.4 Å². The van der Waals surface area contributed by atoms with Crippen LogP contribution in [0, 0.1) is 26.7 Å². The van der Waals surface area contributed by atoms with E-state index >= 15 is 0 Å². The van der Waals surface area contributed by atoms with Crippen LogP contribution < -0.4 is 4.74 Å². The minimum absolute atomic E-state index is 0.242. The van der Waals surface area contributed by atoms with Gasteiger partial charge in [-0.25, -0.2) is 0 Å². The molecule has 1 atom stereocenters. The van der Waals surface area contributed by atoms with Gasteiger partial charge in [0, 0.05) is 6.61 Å².